The molecule has 0 nitrogen and oxygen atoms in total. The minimum atomic E-state index is 0.571. The molecule has 0 unspecified atom stereocenters. The van der Waals surface area contributed by atoms with E-state index in [-0.39, 0.29) is 0 Å². The van der Waals surface area contributed by atoms with Crippen molar-refractivity contribution in [1.82, 2.24) is 0 Å². The maximum atomic E-state index is 2.56. The van der Waals surface area contributed by atoms with Gasteiger partial charge in [0.25, 0.3) is 0 Å². The summed E-state index contributed by atoms with van der Waals surface area (Å²) in [7, 11) is 0. The van der Waals surface area contributed by atoms with E-state index in [4.69, 9.17) is 0 Å². The van der Waals surface area contributed by atoms with Crippen molar-refractivity contribution in [3.05, 3.63) is 0 Å². The molecule has 0 aromatic carbocycles. The van der Waals surface area contributed by atoms with Crippen molar-refractivity contribution >= 4 is 35.3 Å². The number of fused-ring (bicyclic) bond motifs is 12. The van der Waals surface area contributed by atoms with Crippen LogP contribution in [0.5, 0.6) is 0 Å². The van der Waals surface area contributed by atoms with E-state index < -0.39 is 0 Å². The van der Waals surface area contributed by atoms with E-state index >= 15 is 0 Å². The maximum Gasteiger partial charge on any atom is 0.000237 e. The minimum absolute atomic E-state index is 0.571. The van der Waals surface area contributed by atoms with Crippen molar-refractivity contribution in [2.45, 2.75) is 52.4 Å². The van der Waals surface area contributed by atoms with Crippen LogP contribution in [0.15, 0.2) is 0 Å². The van der Waals surface area contributed by atoms with Crippen LogP contribution >= 0.6 is 35.3 Å². The largest absolute Gasteiger partial charge is 0.161 e. The van der Waals surface area contributed by atoms with Gasteiger partial charge in [0.2, 0.25) is 0 Å². The Bertz CT molecular complexity index is 202. The van der Waals surface area contributed by atoms with Gasteiger partial charge in [-0.3, -0.25) is 0 Å². The third kappa shape index (κ3) is 5.74. The number of thioether (sulfide) groups is 3. The fourth-order valence-electron chi connectivity index (χ4n) is 3.26. The fourth-order valence-corrected chi connectivity index (χ4v) is 7.22. The van der Waals surface area contributed by atoms with Crippen LogP contribution in [-0.2, 0) is 0 Å². The second-order valence-electron chi connectivity index (χ2n) is 7.09. The fraction of sp³-hybridized carbons (Fsp3) is 1.00. The van der Waals surface area contributed by atoms with Crippen LogP contribution in [0, 0.1) is 10.8 Å². The topological polar surface area (TPSA) is 0 Å². The molecule has 0 aromatic rings. The average Bonchev–Trinajstić information content (AvgIpc) is 2.35. The van der Waals surface area contributed by atoms with Gasteiger partial charge in [-0.1, -0.05) is 13.8 Å². The van der Waals surface area contributed by atoms with Crippen LogP contribution in [0.3, 0.4) is 0 Å². The number of hydrogen-bond acceptors (Lipinski definition) is 3. The van der Waals surface area contributed by atoms with Crippen molar-refractivity contribution in [2.75, 3.05) is 34.5 Å². The summed E-state index contributed by atoms with van der Waals surface area (Å²) in [5, 5.41) is 0. The van der Waals surface area contributed by atoms with Gasteiger partial charge in [0.05, 0.1) is 0 Å². The number of rotatable bonds is 0. The van der Waals surface area contributed by atoms with E-state index in [1.54, 1.807) is 0 Å². The minimum Gasteiger partial charge on any atom is -0.161 e. The summed E-state index contributed by atoms with van der Waals surface area (Å²) in [6, 6.07) is 0. The lowest BCUT2D eigenvalue weighted by atomic mass is 9.78. The second-order valence-corrected chi connectivity index (χ2v) is 10.4. The third-order valence-electron chi connectivity index (χ3n) is 4.56. The van der Waals surface area contributed by atoms with E-state index in [2.05, 4.69) is 49.1 Å². The summed E-state index contributed by atoms with van der Waals surface area (Å²) >= 11 is 6.67. The summed E-state index contributed by atoms with van der Waals surface area (Å²) < 4.78 is 0. The molecule has 3 heteroatoms. The Morgan fingerprint density at radius 1 is 0.579 bits per heavy atom. The first-order valence-corrected chi connectivity index (χ1v) is 11.3. The van der Waals surface area contributed by atoms with Crippen molar-refractivity contribution in [3.8, 4) is 0 Å². The van der Waals surface area contributed by atoms with Gasteiger partial charge in [-0.05, 0) is 66.6 Å². The standard InChI is InChI=1S/C16H30S3/c1-15-6-3-9-17-12-16(2,13-18-10-4-7-15)14-19-11-5-8-15/h3-14H2,1-2H3. The summed E-state index contributed by atoms with van der Waals surface area (Å²) in [6.45, 7) is 5.09. The molecule has 0 N–H and O–H groups in total. The van der Waals surface area contributed by atoms with Crippen LogP contribution in [0.1, 0.15) is 52.4 Å². The molecule has 3 aliphatic heterocycles. The van der Waals surface area contributed by atoms with Gasteiger partial charge in [0.15, 0.2) is 0 Å². The maximum absolute atomic E-state index is 2.56. The van der Waals surface area contributed by atoms with Crippen molar-refractivity contribution in [2.24, 2.45) is 10.8 Å². The Morgan fingerprint density at radius 2 is 0.947 bits per heavy atom. The molecular weight excluding hydrogens is 288 g/mol. The van der Waals surface area contributed by atoms with Crippen LogP contribution in [0.4, 0.5) is 0 Å². The number of hydrogen-bond donors (Lipinski definition) is 0. The molecule has 0 amide bonds. The molecule has 0 aliphatic carbocycles. The van der Waals surface area contributed by atoms with Gasteiger partial charge in [0, 0.05) is 17.3 Å². The molecule has 3 heterocycles. The first-order chi connectivity index (χ1) is 9.12. The van der Waals surface area contributed by atoms with Crippen LogP contribution in [-0.4, -0.2) is 34.5 Å². The SMILES string of the molecule is CC12CCCSCC(C)(CSCCC1)CSCCC2. The molecule has 0 aromatic heterocycles. The highest BCUT2D eigenvalue weighted by Gasteiger charge is 2.28. The third-order valence-corrected chi connectivity index (χ3v) is 8.99. The van der Waals surface area contributed by atoms with E-state index in [1.807, 2.05) is 0 Å². The average molecular weight is 319 g/mol. The monoisotopic (exact) mass is 318 g/mol. The Labute approximate surface area is 133 Å². The molecule has 2 bridgehead atoms. The summed E-state index contributed by atoms with van der Waals surface area (Å²) in [6.07, 6.45) is 8.72. The van der Waals surface area contributed by atoms with Gasteiger partial charge in [-0.2, -0.15) is 35.3 Å². The van der Waals surface area contributed by atoms with Gasteiger partial charge < -0.3 is 0 Å². The summed E-state index contributed by atoms with van der Waals surface area (Å²) in [4.78, 5) is 0. The molecular formula is C16H30S3. The molecule has 0 spiro atoms. The van der Waals surface area contributed by atoms with Crippen LogP contribution < -0.4 is 0 Å². The van der Waals surface area contributed by atoms with Gasteiger partial charge >= 0.3 is 0 Å². The molecule has 112 valence electrons. The predicted octanol–water partition coefficient (Wildman–Crippen LogP) is 5.57. The molecule has 3 aliphatic rings. The van der Waals surface area contributed by atoms with Crippen LogP contribution in [0.2, 0.25) is 0 Å². The molecule has 0 radical (unpaired) electrons. The highest BCUT2D eigenvalue weighted by Crippen LogP contribution is 2.40. The van der Waals surface area contributed by atoms with Gasteiger partial charge in [-0.25, -0.2) is 0 Å². The molecule has 0 atom stereocenters. The summed E-state index contributed by atoms with van der Waals surface area (Å²) in [5.74, 6) is 8.30. The lowest BCUT2D eigenvalue weighted by Gasteiger charge is -2.34. The zero-order chi connectivity index (χ0) is 13.6. The highest BCUT2D eigenvalue weighted by atomic mass is 32.2. The first kappa shape index (κ1) is 16.4. The van der Waals surface area contributed by atoms with Gasteiger partial charge in [-0.15, -0.1) is 0 Å². The second kappa shape index (κ2) is 7.89. The summed E-state index contributed by atoms with van der Waals surface area (Å²) in [5.41, 5.74) is 1.21. The van der Waals surface area contributed by atoms with Gasteiger partial charge in [0.1, 0.15) is 0 Å². The molecule has 3 fully saturated rings. The lowest BCUT2D eigenvalue weighted by molar-refractivity contribution is 0.244. The Balaban J connectivity index is 2.05. The Morgan fingerprint density at radius 3 is 1.32 bits per heavy atom. The normalized spacial score (nSPS) is 39.5. The zero-order valence-corrected chi connectivity index (χ0v) is 15.2. The lowest BCUT2D eigenvalue weighted by Crippen LogP contribution is -2.28. The molecule has 3 saturated heterocycles. The predicted molar refractivity (Wildman–Crippen MR) is 95.9 cm³/mol. The van der Waals surface area contributed by atoms with E-state index in [1.165, 1.54) is 73.0 Å². The molecule has 0 saturated carbocycles. The molecule has 3 rings (SSSR count). The van der Waals surface area contributed by atoms with Crippen molar-refractivity contribution in [3.63, 3.8) is 0 Å². The smallest absolute Gasteiger partial charge is 0.000237 e. The van der Waals surface area contributed by atoms with Crippen molar-refractivity contribution in [1.29, 1.82) is 0 Å². The van der Waals surface area contributed by atoms with Crippen molar-refractivity contribution < 1.29 is 0 Å². The van der Waals surface area contributed by atoms with E-state index in [0.717, 1.165) is 0 Å². The Hall–Kier alpha value is 1.05. The van der Waals surface area contributed by atoms with E-state index in [0.29, 0.717) is 10.8 Å². The zero-order valence-electron chi connectivity index (χ0n) is 12.7. The molecule has 19 heavy (non-hydrogen) atoms. The Kier molecular flexibility index (Phi) is 6.82. The highest BCUT2D eigenvalue weighted by molar-refractivity contribution is 8.01. The quantitative estimate of drug-likeness (QED) is 0.573. The van der Waals surface area contributed by atoms with E-state index in [9.17, 15) is 0 Å². The van der Waals surface area contributed by atoms with Crippen LogP contribution in [0.25, 0.3) is 0 Å². The first-order valence-electron chi connectivity index (χ1n) is 7.85.